The first-order chi connectivity index (χ1) is 14.8. The van der Waals surface area contributed by atoms with Crippen molar-refractivity contribution < 1.29 is 10.2 Å². The Hall–Kier alpha value is -0.900. The van der Waals surface area contributed by atoms with Gasteiger partial charge in [-0.25, -0.2) is 0 Å². The number of piperidine rings is 1. The van der Waals surface area contributed by atoms with E-state index in [-0.39, 0.29) is 0 Å². The molecule has 0 aromatic heterocycles. The first-order valence-corrected chi connectivity index (χ1v) is 13.0. The summed E-state index contributed by atoms with van der Waals surface area (Å²) in [5.74, 6) is 2.27. The molecule has 4 rings (SSSR count). The van der Waals surface area contributed by atoms with E-state index >= 15 is 0 Å². The summed E-state index contributed by atoms with van der Waals surface area (Å²) in [4.78, 5) is 2.76. The van der Waals surface area contributed by atoms with Gasteiger partial charge in [0.25, 0.3) is 0 Å². The second kappa shape index (κ2) is 9.53. The molecule has 4 aliphatic rings. The van der Waals surface area contributed by atoms with Gasteiger partial charge in [-0.2, -0.15) is 0 Å². The number of aliphatic hydroxyl groups excluding tert-OH is 2. The molecule has 0 spiro atoms. The number of fused-ring (bicyclic) bond motifs is 1. The summed E-state index contributed by atoms with van der Waals surface area (Å²) in [6.45, 7) is 14.2. The highest BCUT2D eigenvalue weighted by Gasteiger charge is 2.50. The summed E-state index contributed by atoms with van der Waals surface area (Å²) in [5, 5.41) is 20.2. The molecule has 4 fully saturated rings. The fraction of sp³-hybridized carbons (Fsp3) is 0.786. The SMILES string of the molecule is C=C1/C(=C\C=C2/CCC[C@]3(C)[C@@H](C(C)CN4CCCC[C@H]4C)CC[C@@H]23)C[C@@H](O)C[C@H]1O. The van der Waals surface area contributed by atoms with Crippen molar-refractivity contribution in [2.24, 2.45) is 23.2 Å². The van der Waals surface area contributed by atoms with Gasteiger partial charge in [-0.05, 0) is 99.1 Å². The van der Waals surface area contributed by atoms with Gasteiger partial charge in [0, 0.05) is 19.0 Å². The van der Waals surface area contributed by atoms with E-state index in [4.69, 9.17) is 0 Å². The molecule has 2 N–H and O–H groups in total. The monoisotopic (exact) mass is 427 g/mol. The van der Waals surface area contributed by atoms with E-state index in [0.717, 1.165) is 29.0 Å². The van der Waals surface area contributed by atoms with E-state index in [1.165, 1.54) is 64.5 Å². The highest BCUT2D eigenvalue weighted by atomic mass is 16.3. The van der Waals surface area contributed by atoms with Crippen LogP contribution in [-0.4, -0.2) is 46.5 Å². The Morgan fingerprint density at radius 1 is 1.16 bits per heavy atom. The first-order valence-electron chi connectivity index (χ1n) is 13.0. The smallest absolute Gasteiger partial charge is 0.0811 e. The van der Waals surface area contributed by atoms with Gasteiger partial charge in [-0.3, -0.25) is 0 Å². The quantitative estimate of drug-likeness (QED) is 0.610. The molecule has 0 radical (unpaired) electrons. The molecule has 0 bridgehead atoms. The third-order valence-corrected chi connectivity index (χ3v) is 9.45. The second-order valence-electron chi connectivity index (χ2n) is 11.5. The van der Waals surface area contributed by atoms with Crippen LogP contribution in [0.4, 0.5) is 0 Å². The van der Waals surface area contributed by atoms with Crippen LogP contribution < -0.4 is 0 Å². The van der Waals surface area contributed by atoms with Gasteiger partial charge < -0.3 is 15.1 Å². The number of hydrogen-bond acceptors (Lipinski definition) is 3. The van der Waals surface area contributed by atoms with Gasteiger partial charge in [-0.1, -0.05) is 44.6 Å². The van der Waals surface area contributed by atoms with Gasteiger partial charge in [0.15, 0.2) is 0 Å². The first kappa shape index (κ1) is 23.3. The molecule has 3 nitrogen and oxygen atoms in total. The van der Waals surface area contributed by atoms with E-state index in [2.05, 4.69) is 44.4 Å². The van der Waals surface area contributed by atoms with Gasteiger partial charge in [0.05, 0.1) is 12.2 Å². The molecule has 3 aliphatic carbocycles. The molecule has 3 heteroatoms. The number of rotatable bonds is 4. The molecule has 0 aromatic carbocycles. The van der Waals surface area contributed by atoms with Crippen LogP contribution in [0.5, 0.6) is 0 Å². The average molecular weight is 428 g/mol. The maximum Gasteiger partial charge on any atom is 0.0811 e. The van der Waals surface area contributed by atoms with Gasteiger partial charge in [0.2, 0.25) is 0 Å². The molecule has 7 atom stereocenters. The van der Waals surface area contributed by atoms with Crippen LogP contribution in [0.1, 0.15) is 85.0 Å². The summed E-state index contributed by atoms with van der Waals surface area (Å²) >= 11 is 0. The second-order valence-corrected chi connectivity index (χ2v) is 11.5. The Morgan fingerprint density at radius 2 is 1.97 bits per heavy atom. The van der Waals surface area contributed by atoms with Crippen molar-refractivity contribution in [3.05, 3.63) is 35.5 Å². The predicted octanol–water partition coefficient (Wildman–Crippen LogP) is 5.64. The lowest BCUT2D eigenvalue weighted by Crippen LogP contribution is -2.44. The normalized spacial score (nSPS) is 43.4. The fourth-order valence-corrected chi connectivity index (χ4v) is 7.61. The largest absolute Gasteiger partial charge is 0.393 e. The molecule has 0 aromatic rings. The number of nitrogens with zero attached hydrogens (tertiary/aromatic N) is 1. The number of likely N-dealkylation sites (tertiary alicyclic amines) is 1. The molecule has 1 unspecified atom stereocenters. The summed E-state index contributed by atoms with van der Waals surface area (Å²) in [6, 6.07) is 0.754. The zero-order chi connectivity index (χ0) is 22.2. The standard InChI is InChI=1S/C28H45NO2/c1-19(18-29-15-6-5-8-20(29)2)25-12-13-26-22(9-7-14-28(25,26)4)10-11-23-16-24(30)17-27(31)21(23)3/h10-11,19-20,24-27,30-31H,3,5-9,12-18H2,1-2,4H3/b22-10+,23-11-/t19?,20-,24-,25-,26+,27-,28-/m1/s1. The Kier molecular flexibility index (Phi) is 7.15. The summed E-state index contributed by atoms with van der Waals surface area (Å²) in [6.07, 6.45) is 15.2. The minimum absolute atomic E-state index is 0.419. The molecule has 1 aliphatic heterocycles. The van der Waals surface area contributed by atoms with Crippen molar-refractivity contribution in [1.29, 1.82) is 0 Å². The molecule has 3 saturated carbocycles. The summed E-state index contributed by atoms with van der Waals surface area (Å²) in [5.41, 5.74) is 3.86. The molecule has 1 saturated heterocycles. The van der Waals surface area contributed by atoms with E-state index < -0.39 is 12.2 Å². The van der Waals surface area contributed by atoms with Gasteiger partial charge >= 0.3 is 0 Å². The molecule has 0 amide bonds. The minimum Gasteiger partial charge on any atom is -0.393 e. The molecule has 31 heavy (non-hydrogen) atoms. The van der Waals surface area contributed by atoms with E-state index in [0.29, 0.717) is 24.2 Å². The van der Waals surface area contributed by atoms with Crippen molar-refractivity contribution in [3.63, 3.8) is 0 Å². The minimum atomic E-state index is -0.598. The molecule has 174 valence electrons. The molecule has 1 heterocycles. The Bertz CT molecular complexity index is 725. The summed E-state index contributed by atoms with van der Waals surface area (Å²) < 4.78 is 0. The number of aliphatic hydroxyl groups is 2. The third kappa shape index (κ3) is 4.75. The van der Waals surface area contributed by atoms with Crippen molar-refractivity contribution in [2.45, 2.75) is 103 Å². The molecular formula is C28H45NO2. The lowest BCUT2D eigenvalue weighted by atomic mass is 9.61. The Morgan fingerprint density at radius 3 is 2.74 bits per heavy atom. The van der Waals surface area contributed by atoms with Crippen LogP contribution >= 0.6 is 0 Å². The van der Waals surface area contributed by atoms with Crippen molar-refractivity contribution in [2.75, 3.05) is 13.1 Å². The number of hydrogen-bond donors (Lipinski definition) is 2. The Balaban J connectivity index is 1.48. The molecular weight excluding hydrogens is 382 g/mol. The summed E-state index contributed by atoms with van der Waals surface area (Å²) in [7, 11) is 0. The van der Waals surface area contributed by atoms with Crippen LogP contribution in [0.2, 0.25) is 0 Å². The zero-order valence-electron chi connectivity index (χ0n) is 20.2. The van der Waals surface area contributed by atoms with E-state index in [1.54, 1.807) is 5.57 Å². The lowest BCUT2D eigenvalue weighted by molar-refractivity contribution is 0.0598. The predicted molar refractivity (Wildman–Crippen MR) is 129 cm³/mol. The Labute approximate surface area is 190 Å². The fourth-order valence-electron chi connectivity index (χ4n) is 7.61. The van der Waals surface area contributed by atoms with E-state index in [1.807, 2.05) is 0 Å². The number of allylic oxidation sites excluding steroid dienone is 3. The van der Waals surface area contributed by atoms with Crippen molar-refractivity contribution in [3.8, 4) is 0 Å². The van der Waals surface area contributed by atoms with Crippen LogP contribution in [-0.2, 0) is 0 Å². The van der Waals surface area contributed by atoms with Crippen LogP contribution in [0.15, 0.2) is 35.5 Å². The van der Waals surface area contributed by atoms with Crippen molar-refractivity contribution >= 4 is 0 Å². The average Bonchev–Trinajstić information content (AvgIpc) is 3.09. The lowest BCUT2D eigenvalue weighted by Gasteiger charge is -2.46. The maximum atomic E-state index is 10.2. The van der Waals surface area contributed by atoms with E-state index in [9.17, 15) is 10.2 Å². The van der Waals surface area contributed by atoms with Crippen LogP contribution in [0.3, 0.4) is 0 Å². The third-order valence-electron chi connectivity index (χ3n) is 9.45. The van der Waals surface area contributed by atoms with Gasteiger partial charge in [0.1, 0.15) is 0 Å². The van der Waals surface area contributed by atoms with Gasteiger partial charge in [-0.15, -0.1) is 0 Å². The van der Waals surface area contributed by atoms with Crippen LogP contribution in [0, 0.1) is 23.2 Å². The topological polar surface area (TPSA) is 43.7 Å². The highest BCUT2D eigenvalue weighted by Crippen LogP contribution is 2.59. The maximum absolute atomic E-state index is 10.2. The van der Waals surface area contributed by atoms with Crippen LogP contribution in [0.25, 0.3) is 0 Å². The van der Waals surface area contributed by atoms with Crippen molar-refractivity contribution in [1.82, 2.24) is 4.90 Å². The zero-order valence-corrected chi connectivity index (χ0v) is 20.2. The highest BCUT2D eigenvalue weighted by molar-refractivity contribution is 5.38.